The average Bonchev–Trinajstić information content (AvgIpc) is 2.97. The number of carbonyl (C=O) groups is 1. The Hall–Kier alpha value is -1.59. The molecule has 0 saturated carbocycles. The van der Waals surface area contributed by atoms with E-state index < -0.39 is 0 Å². The highest BCUT2D eigenvalue weighted by molar-refractivity contribution is 5.94. The van der Waals surface area contributed by atoms with Crippen LogP contribution in [0.5, 0.6) is 5.75 Å². The molecule has 0 spiro atoms. The van der Waals surface area contributed by atoms with E-state index in [1.54, 1.807) is 0 Å². The lowest BCUT2D eigenvalue weighted by molar-refractivity contribution is 0.0748. The molecule has 25 heavy (non-hydrogen) atoms. The van der Waals surface area contributed by atoms with Gasteiger partial charge in [0, 0.05) is 37.3 Å². The topological polar surface area (TPSA) is 44.8 Å². The summed E-state index contributed by atoms with van der Waals surface area (Å²) in [5.41, 5.74) is 0.758. The number of likely N-dealkylation sites (tertiary alicyclic amines) is 1. The SMILES string of the molecule is CCN(CC)CCOc1ccc(C(=O)N2CCC3CCC(C2)N3)cc1. The Morgan fingerprint density at radius 3 is 2.60 bits per heavy atom. The molecule has 5 heteroatoms. The lowest BCUT2D eigenvalue weighted by atomic mass is 10.1. The molecular formula is C20H31N3O2. The molecule has 2 aliphatic rings. The lowest BCUT2D eigenvalue weighted by Crippen LogP contribution is -2.39. The van der Waals surface area contributed by atoms with Crippen LogP contribution in [0.2, 0.25) is 0 Å². The fourth-order valence-electron chi connectivity index (χ4n) is 3.84. The predicted molar refractivity (Wildman–Crippen MR) is 100 cm³/mol. The smallest absolute Gasteiger partial charge is 0.253 e. The van der Waals surface area contributed by atoms with Crippen molar-refractivity contribution in [1.29, 1.82) is 0 Å². The second kappa shape index (κ2) is 8.68. The van der Waals surface area contributed by atoms with Crippen molar-refractivity contribution in [3.8, 4) is 5.75 Å². The number of fused-ring (bicyclic) bond motifs is 2. The number of ether oxygens (including phenoxy) is 1. The van der Waals surface area contributed by atoms with E-state index in [1.165, 1.54) is 12.8 Å². The van der Waals surface area contributed by atoms with Crippen molar-refractivity contribution in [2.45, 2.75) is 45.2 Å². The fraction of sp³-hybridized carbons (Fsp3) is 0.650. The first-order valence-electron chi connectivity index (χ1n) is 9.70. The molecule has 2 bridgehead atoms. The summed E-state index contributed by atoms with van der Waals surface area (Å²) in [5, 5.41) is 3.62. The van der Waals surface area contributed by atoms with Gasteiger partial charge in [-0.25, -0.2) is 0 Å². The van der Waals surface area contributed by atoms with E-state index >= 15 is 0 Å². The Balaban J connectivity index is 1.52. The van der Waals surface area contributed by atoms with Crippen LogP contribution >= 0.6 is 0 Å². The maximum Gasteiger partial charge on any atom is 0.253 e. The third kappa shape index (κ3) is 4.73. The van der Waals surface area contributed by atoms with Gasteiger partial charge in [-0.05, 0) is 56.6 Å². The van der Waals surface area contributed by atoms with Crippen molar-refractivity contribution in [2.24, 2.45) is 0 Å². The van der Waals surface area contributed by atoms with Crippen molar-refractivity contribution in [3.63, 3.8) is 0 Å². The van der Waals surface area contributed by atoms with Crippen LogP contribution in [0.1, 0.15) is 43.5 Å². The minimum Gasteiger partial charge on any atom is -0.492 e. The summed E-state index contributed by atoms with van der Waals surface area (Å²) in [6.45, 7) is 9.70. The largest absolute Gasteiger partial charge is 0.492 e. The van der Waals surface area contributed by atoms with Crippen LogP contribution in [0.25, 0.3) is 0 Å². The van der Waals surface area contributed by atoms with Gasteiger partial charge in [-0.2, -0.15) is 0 Å². The zero-order valence-electron chi connectivity index (χ0n) is 15.5. The summed E-state index contributed by atoms with van der Waals surface area (Å²) >= 11 is 0. The van der Waals surface area contributed by atoms with E-state index in [0.29, 0.717) is 18.7 Å². The zero-order chi connectivity index (χ0) is 17.6. The highest BCUT2D eigenvalue weighted by Crippen LogP contribution is 2.22. The van der Waals surface area contributed by atoms with Crippen molar-refractivity contribution < 1.29 is 9.53 Å². The van der Waals surface area contributed by atoms with E-state index in [0.717, 1.165) is 50.5 Å². The quantitative estimate of drug-likeness (QED) is 0.824. The molecule has 3 rings (SSSR count). The Kier molecular flexibility index (Phi) is 6.32. The van der Waals surface area contributed by atoms with E-state index in [2.05, 4.69) is 24.1 Å². The van der Waals surface area contributed by atoms with Gasteiger partial charge in [-0.3, -0.25) is 4.79 Å². The Morgan fingerprint density at radius 1 is 1.16 bits per heavy atom. The van der Waals surface area contributed by atoms with Crippen molar-refractivity contribution in [2.75, 3.05) is 39.3 Å². The van der Waals surface area contributed by atoms with Gasteiger partial charge in [0.15, 0.2) is 0 Å². The second-order valence-corrected chi connectivity index (χ2v) is 7.08. The first-order chi connectivity index (χ1) is 12.2. The van der Waals surface area contributed by atoms with Crippen molar-refractivity contribution in [3.05, 3.63) is 29.8 Å². The molecule has 2 saturated heterocycles. The third-order valence-electron chi connectivity index (χ3n) is 5.48. The highest BCUT2D eigenvalue weighted by Gasteiger charge is 2.31. The summed E-state index contributed by atoms with van der Waals surface area (Å²) < 4.78 is 5.80. The minimum atomic E-state index is 0.143. The first-order valence-corrected chi connectivity index (χ1v) is 9.70. The molecule has 0 radical (unpaired) electrons. The van der Waals surface area contributed by atoms with Gasteiger partial charge in [-0.1, -0.05) is 13.8 Å². The zero-order valence-corrected chi connectivity index (χ0v) is 15.5. The minimum absolute atomic E-state index is 0.143. The fourth-order valence-corrected chi connectivity index (χ4v) is 3.84. The number of hydrogen-bond acceptors (Lipinski definition) is 4. The lowest BCUT2D eigenvalue weighted by Gasteiger charge is -2.24. The van der Waals surface area contributed by atoms with E-state index in [9.17, 15) is 4.79 Å². The molecule has 2 atom stereocenters. The molecule has 2 aliphatic heterocycles. The molecule has 2 unspecified atom stereocenters. The number of amides is 1. The van der Waals surface area contributed by atoms with Gasteiger partial charge in [-0.15, -0.1) is 0 Å². The number of benzene rings is 1. The highest BCUT2D eigenvalue weighted by atomic mass is 16.5. The Morgan fingerprint density at radius 2 is 1.88 bits per heavy atom. The number of likely N-dealkylation sites (N-methyl/N-ethyl adjacent to an activating group) is 1. The van der Waals surface area contributed by atoms with E-state index in [-0.39, 0.29) is 5.91 Å². The number of carbonyl (C=O) groups excluding carboxylic acids is 1. The average molecular weight is 345 g/mol. The van der Waals surface area contributed by atoms with Crippen molar-refractivity contribution in [1.82, 2.24) is 15.1 Å². The van der Waals surface area contributed by atoms with Crippen LogP contribution in [0.3, 0.4) is 0 Å². The number of rotatable bonds is 7. The van der Waals surface area contributed by atoms with E-state index in [1.807, 2.05) is 29.2 Å². The number of hydrogen-bond donors (Lipinski definition) is 1. The van der Waals surface area contributed by atoms with Gasteiger partial charge in [0.1, 0.15) is 12.4 Å². The molecule has 2 heterocycles. The standard InChI is InChI=1S/C20H31N3O2/c1-3-22(4-2)13-14-25-19-9-5-16(6-10-19)20(24)23-12-11-17-7-8-18(15-23)21-17/h5-6,9-10,17-18,21H,3-4,7-8,11-15H2,1-2H3. The van der Waals surface area contributed by atoms with Crippen LogP contribution in [0.4, 0.5) is 0 Å². The molecule has 5 nitrogen and oxygen atoms in total. The van der Waals surface area contributed by atoms with Gasteiger partial charge < -0.3 is 19.9 Å². The Labute approximate surface area is 151 Å². The molecule has 1 aromatic rings. The molecule has 138 valence electrons. The van der Waals surface area contributed by atoms with Gasteiger partial charge in [0.2, 0.25) is 0 Å². The molecule has 1 N–H and O–H groups in total. The van der Waals surface area contributed by atoms with Crippen molar-refractivity contribution >= 4 is 5.91 Å². The molecule has 0 aliphatic carbocycles. The molecule has 1 amide bonds. The van der Waals surface area contributed by atoms with Crippen LogP contribution in [0, 0.1) is 0 Å². The van der Waals surface area contributed by atoms with Gasteiger partial charge in [0.25, 0.3) is 5.91 Å². The van der Waals surface area contributed by atoms with Gasteiger partial charge in [0.05, 0.1) is 0 Å². The monoisotopic (exact) mass is 345 g/mol. The summed E-state index contributed by atoms with van der Waals surface area (Å²) in [4.78, 5) is 17.1. The number of nitrogens with zero attached hydrogens (tertiary/aromatic N) is 2. The number of nitrogens with one attached hydrogen (secondary N) is 1. The maximum atomic E-state index is 12.8. The molecule has 2 fully saturated rings. The summed E-state index contributed by atoms with van der Waals surface area (Å²) in [7, 11) is 0. The summed E-state index contributed by atoms with van der Waals surface area (Å²) in [6, 6.07) is 8.69. The van der Waals surface area contributed by atoms with Crippen LogP contribution in [0.15, 0.2) is 24.3 Å². The summed E-state index contributed by atoms with van der Waals surface area (Å²) in [6.07, 6.45) is 3.51. The maximum absolute atomic E-state index is 12.8. The first kappa shape index (κ1) is 18.2. The third-order valence-corrected chi connectivity index (χ3v) is 5.48. The van der Waals surface area contributed by atoms with Gasteiger partial charge >= 0.3 is 0 Å². The van der Waals surface area contributed by atoms with Crippen LogP contribution in [-0.4, -0.2) is 67.1 Å². The molecular weight excluding hydrogens is 314 g/mol. The normalized spacial score (nSPS) is 22.9. The Bertz CT molecular complexity index is 557. The molecule has 0 aromatic heterocycles. The molecule has 1 aromatic carbocycles. The second-order valence-electron chi connectivity index (χ2n) is 7.08. The van der Waals surface area contributed by atoms with Crippen LogP contribution in [-0.2, 0) is 0 Å². The predicted octanol–water partition coefficient (Wildman–Crippen LogP) is 2.37. The van der Waals surface area contributed by atoms with E-state index in [4.69, 9.17) is 4.74 Å². The van der Waals surface area contributed by atoms with Crippen LogP contribution < -0.4 is 10.1 Å². The summed E-state index contributed by atoms with van der Waals surface area (Å²) in [5.74, 6) is 0.976.